The Labute approximate surface area is 172 Å². The monoisotopic (exact) mass is 420 g/mol. The van der Waals surface area contributed by atoms with Crippen LogP contribution in [0.1, 0.15) is 34.3 Å². The number of hydrogen-bond acceptors (Lipinski definition) is 3. The average molecular weight is 420 g/mol. The van der Waals surface area contributed by atoms with E-state index < -0.39 is 11.7 Å². The van der Waals surface area contributed by atoms with Crippen LogP contribution in [0.5, 0.6) is 5.75 Å². The molecule has 0 aliphatic carbocycles. The molecule has 1 aliphatic heterocycles. The summed E-state index contributed by atoms with van der Waals surface area (Å²) in [5.41, 5.74) is 0.964. The Hall–Kier alpha value is -3.03. The largest absolute Gasteiger partial charge is 0.484 e. The molecule has 30 heavy (non-hydrogen) atoms. The van der Waals surface area contributed by atoms with E-state index in [4.69, 9.17) is 4.74 Å². The summed E-state index contributed by atoms with van der Waals surface area (Å²) in [5, 5.41) is 2.85. The van der Waals surface area contributed by atoms with E-state index in [1.807, 2.05) is 31.2 Å². The van der Waals surface area contributed by atoms with Gasteiger partial charge >= 0.3 is 6.18 Å². The van der Waals surface area contributed by atoms with Gasteiger partial charge in [0, 0.05) is 24.7 Å². The van der Waals surface area contributed by atoms with Crippen molar-refractivity contribution < 1.29 is 27.5 Å². The number of halogens is 3. The third-order valence-electron chi connectivity index (χ3n) is 5.00. The van der Waals surface area contributed by atoms with Crippen LogP contribution in [-0.2, 0) is 11.0 Å². The summed E-state index contributed by atoms with van der Waals surface area (Å²) in [6.07, 6.45) is -3.15. The van der Waals surface area contributed by atoms with Crippen LogP contribution in [0.15, 0.2) is 48.5 Å². The molecule has 0 bridgehead atoms. The van der Waals surface area contributed by atoms with Gasteiger partial charge < -0.3 is 15.0 Å². The number of aryl methyl sites for hydroxylation is 1. The van der Waals surface area contributed by atoms with Gasteiger partial charge in [-0.1, -0.05) is 17.7 Å². The summed E-state index contributed by atoms with van der Waals surface area (Å²) >= 11 is 0. The smallest absolute Gasteiger partial charge is 0.416 e. The van der Waals surface area contributed by atoms with Gasteiger partial charge in [0.25, 0.3) is 11.8 Å². The van der Waals surface area contributed by atoms with Gasteiger partial charge in [-0.2, -0.15) is 13.2 Å². The molecule has 1 heterocycles. The van der Waals surface area contributed by atoms with Gasteiger partial charge in [0.1, 0.15) is 5.75 Å². The molecular formula is C22H23F3N2O3. The number of carbonyl (C=O) groups is 2. The van der Waals surface area contributed by atoms with Crippen molar-refractivity contribution in [1.82, 2.24) is 10.2 Å². The topological polar surface area (TPSA) is 58.6 Å². The van der Waals surface area contributed by atoms with Crippen molar-refractivity contribution in [2.24, 2.45) is 0 Å². The van der Waals surface area contributed by atoms with Crippen LogP contribution >= 0.6 is 0 Å². The minimum atomic E-state index is -4.41. The van der Waals surface area contributed by atoms with Crippen molar-refractivity contribution >= 4 is 11.8 Å². The molecule has 3 rings (SSSR count). The fraction of sp³-hybridized carbons (Fsp3) is 0.364. The van der Waals surface area contributed by atoms with Crippen LogP contribution in [-0.4, -0.2) is 42.5 Å². The lowest BCUT2D eigenvalue weighted by Crippen LogP contribution is -2.47. The second kappa shape index (κ2) is 9.19. The maximum Gasteiger partial charge on any atom is 0.416 e. The number of piperidine rings is 1. The summed E-state index contributed by atoms with van der Waals surface area (Å²) in [6.45, 7) is 2.76. The molecule has 0 aromatic heterocycles. The standard InChI is InChI=1S/C22H23F3N2O3/c1-15-2-4-16(5-3-15)21(29)27-12-10-18(11-13-27)26-20(28)14-30-19-8-6-17(7-9-19)22(23,24)25/h2-9,18H,10-14H2,1H3,(H,26,28). The maximum atomic E-state index is 12.6. The predicted octanol–water partition coefficient (Wildman–Crippen LogP) is 3.81. The number of carbonyl (C=O) groups excluding carboxylic acids is 2. The lowest BCUT2D eigenvalue weighted by Gasteiger charge is -2.32. The van der Waals surface area contributed by atoms with E-state index in [1.165, 1.54) is 12.1 Å². The minimum Gasteiger partial charge on any atom is -0.484 e. The first kappa shape index (κ1) is 21.7. The quantitative estimate of drug-likeness (QED) is 0.800. The number of benzene rings is 2. The molecule has 0 spiro atoms. The van der Waals surface area contributed by atoms with Gasteiger partial charge in [-0.3, -0.25) is 9.59 Å². The summed E-state index contributed by atoms with van der Waals surface area (Å²) in [4.78, 5) is 26.4. The highest BCUT2D eigenvalue weighted by molar-refractivity contribution is 5.94. The molecule has 0 unspecified atom stereocenters. The molecule has 160 valence electrons. The lowest BCUT2D eigenvalue weighted by molar-refractivity contribution is -0.137. The molecule has 8 heteroatoms. The van der Waals surface area contributed by atoms with Crippen LogP contribution in [0.25, 0.3) is 0 Å². The van der Waals surface area contributed by atoms with E-state index in [1.54, 1.807) is 4.90 Å². The number of hydrogen-bond donors (Lipinski definition) is 1. The van der Waals surface area contributed by atoms with Crippen LogP contribution in [0.4, 0.5) is 13.2 Å². The Kier molecular flexibility index (Phi) is 6.64. The fourth-order valence-corrected chi connectivity index (χ4v) is 3.26. The van der Waals surface area contributed by atoms with E-state index in [0.717, 1.165) is 17.7 Å². The van der Waals surface area contributed by atoms with Crippen LogP contribution in [0.2, 0.25) is 0 Å². The average Bonchev–Trinajstić information content (AvgIpc) is 2.72. The Morgan fingerprint density at radius 3 is 2.20 bits per heavy atom. The SMILES string of the molecule is Cc1ccc(C(=O)N2CCC(NC(=O)COc3ccc(C(F)(F)F)cc3)CC2)cc1. The molecule has 0 radical (unpaired) electrons. The van der Waals surface area contributed by atoms with E-state index in [0.29, 0.717) is 31.5 Å². The molecule has 2 amide bonds. The van der Waals surface area contributed by atoms with Gasteiger partial charge in [-0.25, -0.2) is 0 Å². The minimum absolute atomic E-state index is 0.0228. The van der Waals surface area contributed by atoms with Crippen molar-refractivity contribution in [3.63, 3.8) is 0 Å². The molecule has 1 N–H and O–H groups in total. The van der Waals surface area contributed by atoms with Crippen LogP contribution in [0.3, 0.4) is 0 Å². The number of rotatable bonds is 5. The summed E-state index contributed by atoms with van der Waals surface area (Å²) in [7, 11) is 0. The van der Waals surface area contributed by atoms with Gasteiger partial charge in [-0.05, 0) is 56.2 Å². The first-order valence-corrected chi connectivity index (χ1v) is 9.68. The molecular weight excluding hydrogens is 397 g/mol. The molecule has 2 aromatic rings. The zero-order chi connectivity index (χ0) is 21.7. The summed E-state index contributed by atoms with van der Waals surface area (Å²) < 4.78 is 42.9. The Morgan fingerprint density at radius 1 is 1.03 bits per heavy atom. The van der Waals surface area contributed by atoms with Crippen LogP contribution < -0.4 is 10.1 Å². The van der Waals surface area contributed by atoms with E-state index in [-0.39, 0.29) is 30.2 Å². The summed E-state index contributed by atoms with van der Waals surface area (Å²) in [5.74, 6) is -0.180. The highest BCUT2D eigenvalue weighted by Gasteiger charge is 2.30. The van der Waals surface area contributed by atoms with Gasteiger partial charge in [0.05, 0.1) is 5.56 Å². The maximum absolute atomic E-state index is 12.6. The number of nitrogens with zero attached hydrogens (tertiary/aromatic N) is 1. The van der Waals surface area contributed by atoms with E-state index in [2.05, 4.69) is 5.32 Å². The van der Waals surface area contributed by atoms with Gasteiger partial charge in [-0.15, -0.1) is 0 Å². The molecule has 0 atom stereocenters. The van der Waals surface area contributed by atoms with Crippen molar-refractivity contribution in [3.8, 4) is 5.75 Å². The van der Waals surface area contributed by atoms with Crippen molar-refractivity contribution in [2.45, 2.75) is 32.0 Å². The zero-order valence-corrected chi connectivity index (χ0v) is 16.5. The number of amides is 2. The third-order valence-corrected chi connectivity index (χ3v) is 5.00. The Morgan fingerprint density at radius 2 is 1.63 bits per heavy atom. The highest BCUT2D eigenvalue weighted by atomic mass is 19.4. The number of ether oxygens (including phenoxy) is 1. The van der Waals surface area contributed by atoms with E-state index >= 15 is 0 Å². The third kappa shape index (κ3) is 5.75. The molecule has 0 saturated carbocycles. The first-order valence-electron chi connectivity index (χ1n) is 9.68. The van der Waals surface area contributed by atoms with Gasteiger partial charge in [0.15, 0.2) is 6.61 Å². The molecule has 2 aromatic carbocycles. The van der Waals surface area contributed by atoms with Crippen molar-refractivity contribution in [1.29, 1.82) is 0 Å². The Bertz CT molecular complexity index is 872. The van der Waals surface area contributed by atoms with Crippen LogP contribution in [0, 0.1) is 6.92 Å². The second-order valence-corrected chi connectivity index (χ2v) is 7.31. The van der Waals surface area contributed by atoms with E-state index in [9.17, 15) is 22.8 Å². The molecule has 5 nitrogen and oxygen atoms in total. The van der Waals surface area contributed by atoms with Crippen molar-refractivity contribution in [3.05, 3.63) is 65.2 Å². The van der Waals surface area contributed by atoms with Gasteiger partial charge in [0.2, 0.25) is 0 Å². The molecule has 1 saturated heterocycles. The highest BCUT2D eigenvalue weighted by Crippen LogP contribution is 2.30. The number of nitrogens with one attached hydrogen (secondary N) is 1. The molecule has 1 fully saturated rings. The summed E-state index contributed by atoms with van der Waals surface area (Å²) in [6, 6.07) is 11.5. The normalized spacial score (nSPS) is 15.0. The lowest BCUT2D eigenvalue weighted by atomic mass is 10.0. The second-order valence-electron chi connectivity index (χ2n) is 7.31. The Balaban J connectivity index is 1.42. The molecule has 1 aliphatic rings. The van der Waals surface area contributed by atoms with Crippen molar-refractivity contribution in [2.75, 3.05) is 19.7 Å². The predicted molar refractivity (Wildman–Crippen MR) is 105 cm³/mol. The number of alkyl halides is 3. The first-order chi connectivity index (χ1) is 14.2. The fourth-order valence-electron chi connectivity index (χ4n) is 3.26. The zero-order valence-electron chi connectivity index (χ0n) is 16.5. The number of likely N-dealkylation sites (tertiary alicyclic amines) is 1.